The second kappa shape index (κ2) is 7.80. The van der Waals surface area contributed by atoms with Gasteiger partial charge >= 0.3 is 0 Å². The maximum atomic E-state index is 13.4. The van der Waals surface area contributed by atoms with Crippen LogP contribution in [0.2, 0.25) is 0 Å². The number of hydrogen-bond acceptors (Lipinski definition) is 4. The summed E-state index contributed by atoms with van der Waals surface area (Å²) < 4.78 is 0. The van der Waals surface area contributed by atoms with Crippen molar-refractivity contribution in [1.82, 2.24) is 0 Å². The van der Waals surface area contributed by atoms with E-state index in [9.17, 15) is 19.2 Å². The highest BCUT2D eigenvalue weighted by Gasteiger charge is 2.54. The highest BCUT2D eigenvalue weighted by atomic mass is 16.2. The average Bonchev–Trinajstić information content (AvgIpc) is 3.22. The zero-order chi connectivity index (χ0) is 23.4. The van der Waals surface area contributed by atoms with E-state index in [0.717, 1.165) is 16.7 Å². The fourth-order valence-electron chi connectivity index (χ4n) is 5.67. The van der Waals surface area contributed by atoms with Crippen molar-refractivity contribution < 1.29 is 19.2 Å². The highest BCUT2D eigenvalue weighted by molar-refractivity contribution is 6.24. The predicted octanol–water partition coefficient (Wildman–Crippen LogP) is 3.95. The number of allylic oxidation sites excluding steroid dienone is 1. The molecule has 6 nitrogen and oxygen atoms in total. The van der Waals surface area contributed by atoms with Gasteiger partial charge in [0.15, 0.2) is 0 Å². The largest absolute Gasteiger partial charge is 0.274 e. The van der Waals surface area contributed by atoms with E-state index in [0.29, 0.717) is 17.8 Å². The van der Waals surface area contributed by atoms with E-state index in [2.05, 4.69) is 0 Å². The van der Waals surface area contributed by atoms with Crippen molar-refractivity contribution in [2.75, 3.05) is 9.80 Å². The molecule has 0 saturated carbocycles. The molecule has 2 aromatic carbocycles. The Labute approximate surface area is 192 Å². The van der Waals surface area contributed by atoms with Crippen LogP contribution >= 0.6 is 0 Å². The number of fused-ring (bicyclic) bond motifs is 1. The van der Waals surface area contributed by atoms with Crippen LogP contribution in [0.1, 0.15) is 30.9 Å². The van der Waals surface area contributed by atoms with Gasteiger partial charge in [-0.2, -0.15) is 0 Å². The van der Waals surface area contributed by atoms with Crippen LogP contribution in [0.4, 0.5) is 11.4 Å². The van der Waals surface area contributed by atoms with E-state index in [1.54, 1.807) is 12.1 Å². The zero-order valence-corrected chi connectivity index (χ0v) is 18.9. The first kappa shape index (κ1) is 21.3. The summed E-state index contributed by atoms with van der Waals surface area (Å²) in [5.74, 6) is -2.67. The van der Waals surface area contributed by atoms with Crippen LogP contribution in [-0.2, 0) is 19.2 Å². The van der Waals surface area contributed by atoms with Gasteiger partial charge in [-0.1, -0.05) is 48.0 Å². The fraction of sp³-hybridized carbons (Fsp3) is 0.333. The van der Waals surface area contributed by atoms with E-state index in [-0.39, 0.29) is 36.0 Å². The van der Waals surface area contributed by atoms with E-state index in [1.165, 1.54) is 9.80 Å². The van der Waals surface area contributed by atoms with Gasteiger partial charge in [-0.25, -0.2) is 4.90 Å². The van der Waals surface area contributed by atoms with Crippen LogP contribution in [0.3, 0.4) is 0 Å². The quantitative estimate of drug-likeness (QED) is 0.533. The molecule has 2 saturated heterocycles. The summed E-state index contributed by atoms with van der Waals surface area (Å²) in [5, 5.41) is 0. The molecule has 33 heavy (non-hydrogen) atoms. The lowest BCUT2D eigenvalue weighted by Crippen LogP contribution is -2.35. The van der Waals surface area contributed by atoms with Gasteiger partial charge < -0.3 is 0 Å². The molecule has 0 aromatic heterocycles. The summed E-state index contributed by atoms with van der Waals surface area (Å²) >= 11 is 0. The minimum absolute atomic E-state index is 0.114. The minimum atomic E-state index is -0.525. The first-order valence-electron chi connectivity index (χ1n) is 11.3. The van der Waals surface area contributed by atoms with Gasteiger partial charge in [0.2, 0.25) is 23.6 Å². The van der Waals surface area contributed by atoms with Gasteiger partial charge in [0.1, 0.15) is 0 Å². The highest BCUT2D eigenvalue weighted by Crippen LogP contribution is 2.46. The van der Waals surface area contributed by atoms with Crippen molar-refractivity contribution in [2.24, 2.45) is 23.7 Å². The summed E-state index contributed by atoms with van der Waals surface area (Å²) in [6.07, 6.45) is 2.45. The lowest BCUT2D eigenvalue weighted by Gasteiger charge is -2.30. The zero-order valence-electron chi connectivity index (χ0n) is 18.9. The lowest BCUT2D eigenvalue weighted by atomic mass is 9.71. The first-order chi connectivity index (χ1) is 15.8. The van der Waals surface area contributed by atoms with Crippen molar-refractivity contribution in [3.8, 4) is 0 Å². The summed E-state index contributed by atoms with van der Waals surface area (Å²) in [7, 11) is 0. The molecule has 3 aliphatic rings. The Hall–Kier alpha value is -3.54. The SMILES string of the molecule is CC1=C[C@@H]([C@H]2CC(=O)N(c3ccccc3C)C2=O)C[C@H]2C(=O)N(c3ccccc3C)C(=O)[C@H]12. The summed E-state index contributed by atoms with van der Waals surface area (Å²) in [6, 6.07) is 14.7. The first-order valence-corrected chi connectivity index (χ1v) is 11.3. The average molecular weight is 443 g/mol. The molecule has 2 aliphatic heterocycles. The van der Waals surface area contributed by atoms with Crippen LogP contribution in [-0.4, -0.2) is 23.6 Å². The smallest absolute Gasteiger partial charge is 0.241 e. The maximum absolute atomic E-state index is 13.4. The number of imide groups is 2. The third kappa shape index (κ3) is 3.24. The Morgan fingerprint density at radius 3 is 1.85 bits per heavy atom. The van der Waals surface area contributed by atoms with E-state index >= 15 is 0 Å². The van der Waals surface area contributed by atoms with E-state index < -0.39 is 17.8 Å². The number of hydrogen-bond donors (Lipinski definition) is 0. The number of aryl methyl sites for hydroxylation is 2. The summed E-state index contributed by atoms with van der Waals surface area (Å²) in [6.45, 7) is 5.62. The molecule has 1 aliphatic carbocycles. The number of amides is 4. The van der Waals surface area contributed by atoms with Crippen molar-refractivity contribution in [3.05, 3.63) is 71.3 Å². The Bertz CT molecular complexity index is 1230. The van der Waals surface area contributed by atoms with Gasteiger partial charge in [-0.05, 0) is 56.4 Å². The number of benzene rings is 2. The van der Waals surface area contributed by atoms with Gasteiger partial charge in [0.05, 0.1) is 29.1 Å². The monoisotopic (exact) mass is 442 g/mol. The second-order valence-corrected chi connectivity index (χ2v) is 9.36. The van der Waals surface area contributed by atoms with Crippen molar-refractivity contribution in [2.45, 2.75) is 33.6 Å². The molecule has 2 heterocycles. The van der Waals surface area contributed by atoms with Crippen molar-refractivity contribution in [1.29, 1.82) is 0 Å². The molecular weight excluding hydrogens is 416 g/mol. The second-order valence-electron chi connectivity index (χ2n) is 9.36. The number of nitrogens with zero attached hydrogens (tertiary/aromatic N) is 2. The number of anilines is 2. The molecule has 0 unspecified atom stereocenters. The van der Waals surface area contributed by atoms with Crippen LogP contribution < -0.4 is 9.80 Å². The molecule has 0 spiro atoms. The molecule has 6 heteroatoms. The minimum Gasteiger partial charge on any atom is -0.274 e. The van der Waals surface area contributed by atoms with Crippen molar-refractivity contribution >= 4 is 35.0 Å². The number of rotatable bonds is 3. The summed E-state index contributed by atoms with van der Waals surface area (Å²) in [4.78, 5) is 55.5. The maximum Gasteiger partial charge on any atom is 0.241 e. The van der Waals surface area contributed by atoms with Gasteiger partial charge in [0, 0.05) is 6.42 Å². The molecule has 4 amide bonds. The third-order valence-corrected chi connectivity index (χ3v) is 7.33. The van der Waals surface area contributed by atoms with Crippen LogP contribution in [0.5, 0.6) is 0 Å². The van der Waals surface area contributed by atoms with Crippen LogP contribution in [0, 0.1) is 37.5 Å². The standard InChI is InChI=1S/C27H26N2O4/c1-15-8-4-6-10-21(15)28-23(30)14-19(25(28)31)18-12-17(3)24-20(13-18)26(32)29(27(24)33)22-11-7-5-9-16(22)2/h4-12,18-20,24H,13-14H2,1-3H3/t18-,19-,20-,24-/m1/s1. The fourth-order valence-corrected chi connectivity index (χ4v) is 5.67. The number of carbonyl (C=O) groups is 4. The van der Waals surface area contributed by atoms with E-state index in [1.807, 2.05) is 63.2 Å². The molecule has 0 radical (unpaired) electrons. The Morgan fingerprint density at radius 2 is 1.24 bits per heavy atom. The Morgan fingerprint density at radius 1 is 0.697 bits per heavy atom. The summed E-state index contributed by atoms with van der Waals surface area (Å²) in [5.41, 5.74) is 3.76. The molecule has 0 N–H and O–H groups in total. The van der Waals surface area contributed by atoms with Gasteiger partial charge in [-0.3, -0.25) is 24.1 Å². The number of carbonyl (C=O) groups excluding carboxylic acids is 4. The van der Waals surface area contributed by atoms with Gasteiger partial charge in [-0.15, -0.1) is 0 Å². The topological polar surface area (TPSA) is 74.8 Å². The third-order valence-electron chi connectivity index (χ3n) is 7.33. The normalized spacial score (nSPS) is 27.3. The molecule has 2 aromatic rings. The molecule has 0 bridgehead atoms. The van der Waals surface area contributed by atoms with E-state index in [4.69, 9.17) is 0 Å². The van der Waals surface area contributed by atoms with Crippen LogP contribution in [0.15, 0.2) is 60.2 Å². The van der Waals surface area contributed by atoms with Gasteiger partial charge in [0.25, 0.3) is 0 Å². The molecule has 5 rings (SSSR count). The van der Waals surface area contributed by atoms with Crippen molar-refractivity contribution in [3.63, 3.8) is 0 Å². The predicted molar refractivity (Wildman–Crippen MR) is 124 cm³/mol. The Balaban J connectivity index is 1.44. The Kier molecular flexibility index (Phi) is 5.04. The molecular formula is C27H26N2O4. The molecule has 168 valence electrons. The lowest BCUT2D eigenvalue weighted by molar-refractivity contribution is -0.125. The van der Waals surface area contributed by atoms with Crippen LogP contribution in [0.25, 0.3) is 0 Å². The number of para-hydroxylation sites is 2. The molecule has 4 atom stereocenters. The molecule has 2 fully saturated rings.